The molecule has 0 aliphatic carbocycles. The topological polar surface area (TPSA) is 155 Å². The fourth-order valence-corrected chi connectivity index (χ4v) is 4.82. The smallest absolute Gasteiger partial charge is 0.641 e. The minimum Gasteiger partial charge on any atom is -0.641 e. The van der Waals surface area contributed by atoms with E-state index < -0.39 is 23.9 Å². The second-order valence-corrected chi connectivity index (χ2v) is 9.41. The van der Waals surface area contributed by atoms with Crippen LogP contribution >= 0.6 is 0 Å². The molecule has 1 atom stereocenters. The first-order valence-electron chi connectivity index (χ1n) is 13.1. The molecule has 0 spiro atoms. The molecule has 3 aromatic carbocycles. The van der Waals surface area contributed by atoms with E-state index in [9.17, 15) is 14.4 Å². The second-order valence-electron chi connectivity index (χ2n) is 9.41. The van der Waals surface area contributed by atoms with Crippen molar-refractivity contribution in [3.05, 3.63) is 116 Å². The number of esters is 1. The van der Waals surface area contributed by atoms with Crippen LogP contribution in [0.25, 0.3) is 27.8 Å². The molecule has 0 radical (unpaired) electrons. The van der Waals surface area contributed by atoms with Crippen molar-refractivity contribution in [1.29, 1.82) is 0 Å². The van der Waals surface area contributed by atoms with Crippen molar-refractivity contribution < 1.29 is 79.0 Å². The van der Waals surface area contributed by atoms with Crippen LogP contribution in [0.5, 0.6) is 0 Å². The zero-order chi connectivity index (χ0) is 29.2. The van der Waals surface area contributed by atoms with Crippen LogP contribution in [0, 0.1) is 6.92 Å². The quantitative estimate of drug-likeness (QED) is 0.195. The number of carbonyl (C=O) groups excluding carboxylic acids is 1. The molecule has 0 amide bonds. The molecule has 1 aliphatic heterocycles. The number of carbonyl (C=O) groups is 1. The molecule has 5 aromatic rings. The molecule has 0 saturated carbocycles. The zero-order valence-electron chi connectivity index (χ0n) is 23.7. The SMILES string of the molecule is CCOC1[N-]c2cccc(C(=O)OCc3oc(=O)oc3C)c2N1Cc1ccc(-c2ccccc2-c2noc(=O)[nH]2)cc1.[K+]. The number of hydrogen-bond acceptors (Lipinski definition) is 10. The van der Waals surface area contributed by atoms with Crippen LogP contribution in [0.2, 0.25) is 0 Å². The van der Waals surface area contributed by atoms with Gasteiger partial charge in [-0.05, 0) is 36.6 Å². The molecular formula is C30H25KN4O8. The third kappa shape index (κ3) is 6.46. The molecule has 2 aromatic heterocycles. The van der Waals surface area contributed by atoms with E-state index in [-0.39, 0.29) is 69.5 Å². The molecule has 0 fully saturated rings. The van der Waals surface area contributed by atoms with Crippen LogP contribution in [-0.4, -0.2) is 29.1 Å². The van der Waals surface area contributed by atoms with Gasteiger partial charge in [0.05, 0.1) is 11.9 Å². The second kappa shape index (κ2) is 13.3. The van der Waals surface area contributed by atoms with Gasteiger partial charge >= 0.3 is 68.9 Å². The van der Waals surface area contributed by atoms with Gasteiger partial charge in [0.15, 0.2) is 24.0 Å². The minimum atomic E-state index is -0.855. The summed E-state index contributed by atoms with van der Waals surface area (Å²) < 4.78 is 25.9. The predicted molar refractivity (Wildman–Crippen MR) is 150 cm³/mol. The van der Waals surface area contributed by atoms with E-state index in [0.717, 1.165) is 22.3 Å². The Morgan fingerprint density at radius 1 is 1.02 bits per heavy atom. The van der Waals surface area contributed by atoms with Crippen molar-refractivity contribution in [1.82, 2.24) is 10.1 Å². The first-order valence-corrected chi connectivity index (χ1v) is 13.1. The number of aryl methyl sites for hydroxylation is 1. The van der Waals surface area contributed by atoms with Crippen molar-refractivity contribution in [2.45, 2.75) is 33.4 Å². The summed E-state index contributed by atoms with van der Waals surface area (Å²) >= 11 is 0. The summed E-state index contributed by atoms with van der Waals surface area (Å²) in [5.41, 5.74) is 4.93. The number of aromatic nitrogens is 2. The monoisotopic (exact) mass is 608 g/mol. The van der Waals surface area contributed by atoms with E-state index in [1.54, 1.807) is 19.1 Å². The van der Waals surface area contributed by atoms with E-state index in [1.807, 2.05) is 66.4 Å². The molecule has 43 heavy (non-hydrogen) atoms. The molecule has 1 aliphatic rings. The summed E-state index contributed by atoms with van der Waals surface area (Å²) in [4.78, 5) is 40.6. The van der Waals surface area contributed by atoms with Crippen LogP contribution in [0.4, 0.5) is 11.4 Å². The van der Waals surface area contributed by atoms with Crippen LogP contribution in [0.1, 0.15) is 34.4 Å². The largest absolute Gasteiger partial charge is 1.00 e. The number of anilines is 1. The molecule has 1 N–H and O–H groups in total. The summed E-state index contributed by atoms with van der Waals surface area (Å²) in [6.45, 7) is 3.98. The summed E-state index contributed by atoms with van der Waals surface area (Å²) in [6, 6.07) is 20.6. The van der Waals surface area contributed by atoms with Gasteiger partial charge in [0, 0.05) is 24.4 Å². The number of ether oxygens (including phenoxy) is 2. The van der Waals surface area contributed by atoms with Gasteiger partial charge in [0.1, 0.15) is 0 Å². The summed E-state index contributed by atoms with van der Waals surface area (Å²) in [6.07, 6.45) is -0.641. The molecule has 0 saturated heterocycles. The number of rotatable bonds is 9. The van der Waals surface area contributed by atoms with E-state index in [0.29, 0.717) is 35.9 Å². The fourth-order valence-electron chi connectivity index (χ4n) is 4.82. The predicted octanol–water partition coefficient (Wildman–Crippen LogP) is 2.26. The summed E-state index contributed by atoms with van der Waals surface area (Å²) in [5.74, 6) is -1.34. The molecule has 0 bridgehead atoms. The Hall–Kier alpha value is -3.72. The van der Waals surface area contributed by atoms with E-state index in [2.05, 4.69) is 15.5 Å². The molecule has 12 nitrogen and oxygen atoms in total. The van der Waals surface area contributed by atoms with Gasteiger partial charge in [-0.2, -0.15) is 0 Å². The van der Waals surface area contributed by atoms with E-state index >= 15 is 0 Å². The average Bonchev–Trinajstić information content (AvgIpc) is 3.68. The van der Waals surface area contributed by atoms with Gasteiger partial charge < -0.3 is 28.5 Å². The molecule has 13 heteroatoms. The number of nitrogens with zero attached hydrogens (tertiary/aromatic N) is 3. The Kier molecular flexibility index (Phi) is 9.49. The Bertz CT molecular complexity index is 1860. The van der Waals surface area contributed by atoms with Gasteiger partial charge in [-0.25, -0.2) is 14.4 Å². The van der Waals surface area contributed by atoms with Gasteiger partial charge in [-0.15, -0.1) is 5.69 Å². The molecule has 3 heterocycles. The van der Waals surface area contributed by atoms with Crippen LogP contribution < -0.4 is 67.9 Å². The van der Waals surface area contributed by atoms with E-state index in [4.69, 9.17) is 22.8 Å². The van der Waals surface area contributed by atoms with Gasteiger partial charge in [0.25, 0.3) is 0 Å². The number of fused-ring (bicyclic) bond motifs is 1. The van der Waals surface area contributed by atoms with Gasteiger partial charge in [-0.1, -0.05) is 65.8 Å². The molecule has 6 rings (SSSR count). The third-order valence-electron chi connectivity index (χ3n) is 6.76. The normalized spacial score (nSPS) is 13.7. The molecule has 214 valence electrons. The van der Waals surface area contributed by atoms with Crippen LogP contribution in [0.15, 0.2) is 89.7 Å². The maximum Gasteiger partial charge on any atom is 1.00 e. The van der Waals surface area contributed by atoms with Crippen molar-refractivity contribution in [3.63, 3.8) is 0 Å². The first-order chi connectivity index (χ1) is 20.4. The summed E-state index contributed by atoms with van der Waals surface area (Å²) in [5, 5.41) is 8.51. The van der Waals surface area contributed by atoms with E-state index in [1.165, 1.54) is 0 Å². The van der Waals surface area contributed by atoms with Crippen molar-refractivity contribution in [3.8, 4) is 22.5 Å². The fraction of sp³-hybridized carbons (Fsp3) is 0.200. The summed E-state index contributed by atoms with van der Waals surface area (Å²) in [7, 11) is 0. The zero-order valence-corrected chi connectivity index (χ0v) is 26.8. The number of H-pyrrole nitrogens is 1. The standard InChI is InChI=1S/C30H25N4O8.K/c1-3-38-28-31-23-10-6-9-22(27(35)39-16-24-17(2)40-30(37)41-24)25(23)34(28)15-18-11-13-19(14-12-18)20-7-4-5-8-21(20)26-32-29(36)42-33-26;/h4-14,28H,3,15-16H2,1-2H3,(H,32,33,36);/q-1;+1. The molecular weight excluding hydrogens is 583 g/mol. The first kappa shape index (κ1) is 30.7. The van der Waals surface area contributed by atoms with Crippen molar-refractivity contribution in [2.75, 3.05) is 11.5 Å². The average molecular weight is 609 g/mol. The third-order valence-corrected chi connectivity index (χ3v) is 6.76. The Morgan fingerprint density at radius 2 is 1.79 bits per heavy atom. The Morgan fingerprint density at radius 3 is 2.47 bits per heavy atom. The molecule has 1 unspecified atom stereocenters. The van der Waals surface area contributed by atoms with Crippen molar-refractivity contribution >= 4 is 17.3 Å². The number of para-hydroxylation sites is 1. The van der Waals surface area contributed by atoms with Crippen LogP contribution in [0.3, 0.4) is 0 Å². The number of hydrogen-bond donors (Lipinski definition) is 1. The van der Waals surface area contributed by atoms with Crippen molar-refractivity contribution in [2.24, 2.45) is 0 Å². The Labute approximate surface area is 287 Å². The number of nitrogens with one attached hydrogen (secondary N) is 1. The maximum absolute atomic E-state index is 13.2. The van der Waals surface area contributed by atoms with Gasteiger partial charge in [-0.3, -0.25) is 9.51 Å². The minimum absolute atomic E-state index is 0. The maximum atomic E-state index is 13.2. The van der Waals surface area contributed by atoms with Gasteiger partial charge in [0.2, 0.25) is 0 Å². The number of benzene rings is 3. The number of aromatic amines is 1. The van der Waals surface area contributed by atoms with Crippen LogP contribution in [-0.2, 0) is 22.6 Å². The Balaban J connectivity index is 0.00000368.